The van der Waals surface area contributed by atoms with E-state index in [1.165, 1.54) is 41.3 Å². The zero-order valence-corrected chi connectivity index (χ0v) is 18.4. The Kier molecular flexibility index (Phi) is 6.82. The van der Waals surface area contributed by atoms with E-state index >= 15 is 0 Å². The number of anilines is 2. The lowest BCUT2D eigenvalue weighted by Gasteiger charge is -2.16. The van der Waals surface area contributed by atoms with E-state index < -0.39 is 0 Å². The molecule has 0 bridgehead atoms. The van der Waals surface area contributed by atoms with E-state index in [9.17, 15) is 0 Å². The van der Waals surface area contributed by atoms with Gasteiger partial charge in [-0.2, -0.15) is 0 Å². The Hall–Kier alpha value is -2.21. The van der Waals surface area contributed by atoms with Crippen molar-refractivity contribution in [1.82, 2.24) is 9.88 Å². The van der Waals surface area contributed by atoms with Crippen LogP contribution >= 0.6 is 23.2 Å². The highest BCUT2D eigenvalue weighted by atomic mass is 35.5. The third-order valence-corrected chi connectivity index (χ3v) is 6.36. The maximum atomic E-state index is 6.17. The number of aromatic nitrogens is 1. The van der Waals surface area contributed by atoms with Gasteiger partial charge in [0.15, 0.2) is 0 Å². The highest BCUT2D eigenvalue weighted by Crippen LogP contribution is 2.34. The number of halogens is 2. The Balaban J connectivity index is 1.59. The van der Waals surface area contributed by atoms with Gasteiger partial charge in [0.1, 0.15) is 0 Å². The number of benzene rings is 2. The molecule has 0 aliphatic heterocycles. The molecule has 0 saturated heterocycles. The average molecular weight is 444 g/mol. The monoisotopic (exact) mass is 443 g/mol. The molecule has 0 saturated carbocycles. The second-order valence-corrected chi connectivity index (χ2v) is 8.39. The molecule has 7 heteroatoms. The Morgan fingerprint density at radius 2 is 1.80 bits per heavy atom. The van der Waals surface area contributed by atoms with Crippen LogP contribution < -0.4 is 16.4 Å². The molecule has 1 aromatic heterocycles. The number of aryl methyl sites for hydroxylation is 1. The van der Waals surface area contributed by atoms with E-state index in [0.29, 0.717) is 16.6 Å². The van der Waals surface area contributed by atoms with Crippen molar-refractivity contribution >= 4 is 51.8 Å². The highest BCUT2D eigenvalue weighted by Gasteiger charge is 2.20. The van der Waals surface area contributed by atoms with Gasteiger partial charge in [0.2, 0.25) is 0 Å². The first-order valence-electron chi connectivity index (χ1n) is 10.4. The standard InChI is InChI=1S/C23H27Cl2N5/c24-20-8-6-16(13-21(20)25)29-17-5-7-19-18-3-1-2-4-22(18)30(23(19)14-17)12-11-27-9-10-28-15-26/h5-8,13-15,27,29H,1-4,9-12H2,(H2,26,28). The van der Waals surface area contributed by atoms with Crippen LogP contribution in [0, 0.1) is 0 Å². The van der Waals surface area contributed by atoms with Gasteiger partial charge in [-0.1, -0.05) is 29.3 Å². The van der Waals surface area contributed by atoms with E-state index in [4.69, 9.17) is 28.9 Å². The minimum Gasteiger partial charge on any atom is -0.390 e. The van der Waals surface area contributed by atoms with Gasteiger partial charge in [-0.3, -0.25) is 4.99 Å². The van der Waals surface area contributed by atoms with Gasteiger partial charge < -0.3 is 20.9 Å². The number of nitrogens with zero attached hydrogens (tertiary/aromatic N) is 2. The Morgan fingerprint density at radius 1 is 1.00 bits per heavy atom. The van der Waals surface area contributed by atoms with E-state index in [-0.39, 0.29) is 0 Å². The molecule has 3 aromatic rings. The third kappa shape index (κ3) is 4.59. The Bertz CT molecular complexity index is 1060. The molecule has 0 radical (unpaired) electrons. The van der Waals surface area contributed by atoms with Crippen molar-refractivity contribution in [2.75, 3.05) is 25.0 Å². The summed E-state index contributed by atoms with van der Waals surface area (Å²) in [5.41, 5.74) is 11.6. The number of hydrogen-bond acceptors (Lipinski definition) is 3. The molecule has 158 valence electrons. The second kappa shape index (κ2) is 9.73. The van der Waals surface area contributed by atoms with Crippen LogP contribution in [0.1, 0.15) is 24.1 Å². The van der Waals surface area contributed by atoms with Gasteiger partial charge in [-0.05, 0) is 61.6 Å². The molecular weight excluding hydrogens is 417 g/mol. The van der Waals surface area contributed by atoms with Crippen molar-refractivity contribution < 1.29 is 0 Å². The summed E-state index contributed by atoms with van der Waals surface area (Å²) in [6.45, 7) is 3.38. The molecule has 0 amide bonds. The summed E-state index contributed by atoms with van der Waals surface area (Å²) in [5, 5.41) is 9.40. The van der Waals surface area contributed by atoms with Crippen LogP contribution in [0.2, 0.25) is 10.0 Å². The van der Waals surface area contributed by atoms with Crippen LogP contribution in [-0.4, -0.2) is 30.5 Å². The number of hydrogen-bond donors (Lipinski definition) is 3. The molecule has 0 fully saturated rings. The lowest BCUT2D eigenvalue weighted by molar-refractivity contribution is 0.575. The third-order valence-electron chi connectivity index (χ3n) is 5.62. The summed E-state index contributed by atoms with van der Waals surface area (Å²) in [4.78, 5) is 4.05. The molecular formula is C23H27Cl2N5. The summed E-state index contributed by atoms with van der Waals surface area (Å²) in [5.74, 6) is 0. The lowest BCUT2D eigenvalue weighted by atomic mass is 9.95. The minimum atomic E-state index is 0.548. The van der Waals surface area contributed by atoms with Crippen LogP contribution in [0.4, 0.5) is 11.4 Å². The normalized spacial score (nSPS) is 13.8. The number of rotatable bonds is 8. The predicted molar refractivity (Wildman–Crippen MR) is 129 cm³/mol. The van der Waals surface area contributed by atoms with Gasteiger partial charge in [0.25, 0.3) is 0 Å². The van der Waals surface area contributed by atoms with Crippen molar-refractivity contribution in [2.24, 2.45) is 10.7 Å². The van der Waals surface area contributed by atoms with Gasteiger partial charge in [0, 0.05) is 42.1 Å². The molecule has 30 heavy (non-hydrogen) atoms. The molecule has 5 nitrogen and oxygen atoms in total. The van der Waals surface area contributed by atoms with E-state index in [1.807, 2.05) is 18.2 Å². The summed E-state index contributed by atoms with van der Waals surface area (Å²) in [6, 6.07) is 12.2. The van der Waals surface area contributed by atoms with Crippen LogP contribution in [0.15, 0.2) is 41.4 Å². The maximum absolute atomic E-state index is 6.17. The number of fused-ring (bicyclic) bond motifs is 3. The quantitative estimate of drug-likeness (QED) is 0.256. The fourth-order valence-corrected chi connectivity index (χ4v) is 4.54. The number of nitrogens with two attached hydrogens (primary N) is 1. The summed E-state index contributed by atoms with van der Waals surface area (Å²) in [6.07, 6.45) is 6.20. The van der Waals surface area contributed by atoms with Gasteiger partial charge in [-0.15, -0.1) is 0 Å². The molecule has 1 heterocycles. The predicted octanol–water partition coefficient (Wildman–Crippen LogP) is 5.15. The van der Waals surface area contributed by atoms with Crippen molar-refractivity contribution in [3.8, 4) is 0 Å². The molecule has 2 aromatic carbocycles. The van der Waals surface area contributed by atoms with Crippen LogP contribution in [-0.2, 0) is 19.4 Å². The molecule has 4 N–H and O–H groups in total. The van der Waals surface area contributed by atoms with Crippen LogP contribution in [0.5, 0.6) is 0 Å². The fourth-order valence-electron chi connectivity index (χ4n) is 4.24. The van der Waals surface area contributed by atoms with Crippen molar-refractivity contribution in [1.29, 1.82) is 0 Å². The van der Waals surface area contributed by atoms with Gasteiger partial charge in [0.05, 0.1) is 28.4 Å². The average Bonchev–Trinajstić information content (AvgIpc) is 3.06. The first-order valence-corrected chi connectivity index (χ1v) is 11.2. The second-order valence-electron chi connectivity index (χ2n) is 7.58. The first-order chi connectivity index (χ1) is 14.7. The first kappa shape index (κ1) is 21.0. The number of aliphatic imine (C=N–C) groups is 1. The van der Waals surface area contributed by atoms with Gasteiger partial charge in [-0.25, -0.2) is 0 Å². The summed E-state index contributed by atoms with van der Waals surface area (Å²) < 4.78 is 2.49. The zero-order valence-electron chi connectivity index (χ0n) is 16.9. The maximum Gasteiger partial charge on any atom is 0.0798 e. The smallest absolute Gasteiger partial charge is 0.0798 e. The number of nitrogens with one attached hydrogen (secondary N) is 2. The van der Waals surface area contributed by atoms with E-state index in [2.05, 4.69) is 38.4 Å². The van der Waals surface area contributed by atoms with E-state index in [1.54, 1.807) is 0 Å². The summed E-state index contributed by atoms with van der Waals surface area (Å²) >= 11 is 12.2. The Labute approximate surface area is 187 Å². The van der Waals surface area contributed by atoms with E-state index in [0.717, 1.165) is 43.9 Å². The van der Waals surface area contributed by atoms with Crippen molar-refractivity contribution in [3.63, 3.8) is 0 Å². The molecule has 0 spiro atoms. The molecule has 0 unspecified atom stereocenters. The topological polar surface area (TPSA) is 67.4 Å². The molecule has 1 aliphatic rings. The van der Waals surface area contributed by atoms with Crippen LogP contribution in [0.25, 0.3) is 10.9 Å². The molecule has 4 rings (SSSR count). The largest absolute Gasteiger partial charge is 0.390 e. The highest BCUT2D eigenvalue weighted by molar-refractivity contribution is 6.42. The lowest BCUT2D eigenvalue weighted by Crippen LogP contribution is -2.24. The van der Waals surface area contributed by atoms with Crippen molar-refractivity contribution in [3.05, 3.63) is 57.7 Å². The molecule has 1 aliphatic carbocycles. The SMILES string of the molecule is NC=NCCNCCn1c2c(c3ccc(Nc4ccc(Cl)c(Cl)c4)cc31)CCCC2. The van der Waals surface area contributed by atoms with Crippen LogP contribution in [0.3, 0.4) is 0 Å². The summed E-state index contributed by atoms with van der Waals surface area (Å²) in [7, 11) is 0. The van der Waals surface area contributed by atoms with Gasteiger partial charge >= 0.3 is 0 Å². The fraction of sp³-hybridized carbons (Fsp3) is 0.348. The molecule has 0 atom stereocenters. The minimum absolute atomic E-state index is 0.548. The zero-order chi connectivity index (χ0) is 20.9. The Morgan fingerprint density at radius 3 is 2.63 bits per heavy atom. The van der Waals surface area contributed by atoms with Crippen molar-refractivity contribution in [2.45, 2.75) is 32.2 Å².